The standard InChI is InChI=1S/C24H26O3/c1-18(2)24(25)27-15-7-14-26-23-13-12-20-10-6-11-21(16-22(20)17-23)19-8-4-3-5-9-19/h3-5,8-9,12-13,16-17H,1,6-7,10-11,14-15H2,2H3. The Morgan fingerprint density at radius 3 is 2.67 bits per heavy atom. The van der Waals surface area contributed by atoms with E-state index in [2.05, 4.69) is 49.1 Å². The maximum absolute atomic E-state index is 11.3. The maximum atomic E-state index is 11.3. The van der Waals surface area contributed by atoms with Crippen molar-refractivity contribution in [3.05, 3.63) is 77.4 Å². The Morgan fingerprint density at radius 1 is 1.07 bits per heavy atom. The average molecular weight is 362 g/mol. The van der Waals surface area contributed by atoms with Gasteiger partial charge < -0.3 is 9.47 Å². The summed E-state index contributed by atoms with van der Waals surface area (Å²) in [5, 5.41) is 0. The minimum Gasteiger partial charge on any atom is -0.493 e. The van der Waals surface area contributed by atoms with Gasteiger partial charge in [-0.25, -0.2) is 4.79 Å². The maximum Gasteiger partial charge on any atom is 0.333 e. The number of fused-ring (bicyclic) bond motifs is 1. The van der Waals surface area contributed by atoms with Crippen molar-refractivity contribution in [1.29, 1.82) is 0 Å². The third-order valence-corrected chi connectivity index (χ3v) is 4.62. The van der Waals surface area contributed by atoms with E-state index in [4.69, 9.17) is 9.47 Å². The molecule has 27 heavy (non-hydrogen) atoms. The van der Waals surface area contributed by atoms with Crippen molar-refractivity contribution in [1.82, 2.24) is 0 Å². The number of allylic oxidation sites excluding steroid dienone is 1. The number of carbonyl (C=O) groups is 1. The molecule has 0 unspecified atom stereocenters. The van der Waals surface area contributed by atoms with Crippen molar-refractivity contribution in [3.8, 4) is 5.75 Å². The summed E-state index contributed by atoms with van der Waals surface area (Å²) in [6, 6.07) is 16.9. The quantitative estimate of drug-likeness (QED) is 0.373. The van der Waals surface area contributed by atoms with Gasteiger partial charge in [-0.3, -0.25) is 0 Å². The lowest BCUT2D eigenvalue weighted by Crippen LogP contribution is -2.09. The van der Waals surface area contributed by atoms with Crippen LogP contribution in [0.15, 0.2) is 60.7 Å². The molecule has 0 radical (unpaired) electrons. The molecule has 0 spiro atoms. The SMILES string of the molecule is C=C(C)C(=O)OCCCOc1ccc2c(c1)C=C(c1ccccc1)CCC2. The molecule has 2 aromatic rings. The van der Waals surface area contributed by atoms with Gasteiger partial charge in [-0.2, -0.15) is 0 Å². The van der Waals surface area contributed by atoms with Gasteiger partial charge in [0.05, 0.1) is 13.2 Å². The fraction of sp³-hybridized carbons (Fsp3) is 0.292. The summed E-state index contributed by atoms with van der Waals surface area (Å²) in [7, 11) is 0. The molecule has 1 aliphatic rings. The van der Waals surface area contributed by atoms with Gasteiger partial charge in [-0.05, 0) is 60.6 Å². The molecule has 3 rings (SSSR count). The zero-order valence-electron chi connectivity index (χ0n) is 15.9. The molecule has 0 amide bonds. The molecule has 0 aromatic heterocycles. The van der Waals surface area contributed by atoms with Gasteiger partial charge in [0.25, 0.3) is 0 Å². The molecule has 0 fully saturated rings. The van der Waals surface area contributed by atoms with Gasteiger partial charge in [-0.15, -0.1) is 0 Å². The second-order valence-corrected chi connectivity index (χ2v) is 6.87. The molecule has 1 aliphatic carbocycles. The lowest BCUT2D eigenvalue weighted by molar-refractivity contribution is -0.139. The minimum absolute atomic E-state index is 0.342. The molecule has 0 bridgehead atoms. The van der Waals surface area contributed by atoms with Crippen LogP contribution in [-0.4, -0.2) is 19.2 Å². The molecule has 0 atom stereocenters. The van der Waals surface area contributed by atoms with Crippen LogP contribution in [0.25, 0.3) is 11.6 Å². The van der Waals surface area contributed by atoms with Crippen LogP contribution in [0, 0.1) is 0 Å². The highest BCUT2D eigenvalue weighted by Crippen LogP contribution is 2.31. The van der Waals surface area contributed by atoms with Crippen LogP contribution in [0.1, 0.15) is 42.9 Å². The Bertz CT molecular complexity index is 834. The van der Waals surface area contributed by atoms with Crippen LogP contribution >= 0.6 is 0 Å². The van der Waals surface area contributed by atoms with Crippen molar-refractivity contribution in [2.24, 2.45) is 0 Å². The summed E-state index contributed by atoms with van der Waals surface area (Å²) in [6.45, 7) is 6.06. The first-order chi connectivity index (χ1) is 13.1. The van der Waals surface area contributed by atoms with Crippen LogP contribution in [0.3, 0.4) is 0 Å². The molecule has 0 saturated carbocycles. The topological polar surface area (TPSA) is 35.5 Å². The van der Waals surface area contributed by atoms with Gasteiger partial charge in [0, 0.05) is 12.0 Å². The lowest BCUT2D eigenvalue weighted by atomic mass is 10.0. The van der Waals surface area contributed by atoms with Gasteiger partial charge in [0.2, 0.25) is 0 Å². The van der Waals surface area contributed by atoms with Crippen LogP contribution in [0.2, 0.25) is 0 Å². The highest BCUT2D eigenvalue weighted by atomic mass is 16.5. The highest BCUT2D eigenvalue weighted by molar-refractivity contribution is 5.86. The summed E-state index contributed by atoms with van der Waals surface area (Å²) < 4.78 is 10.9. The van der Waals surface area contributed by atoms with E-state index in [1.54, 1.807) is 6.92 Å². The van der Waals surface area contributed by atoms with E-state index in [9.17, 15) is 4.79 Å². The van der Waals surface area contributed by atoms with E-state index in [-0.39, 0.29) is 5.97 Å². The predicted molar refractivity (Wildman–Crippen MR) is 110 cm³/mol. The van der Waals surface area contributed by atoms with Crippen molar-refractivity contribution >= 4 is 17.6 Å². The molecule has 3 heteroatoms. The predicted octanol–water partition coefficient (Wildman–Crippen LogP) is 5.45. The number of benzene rings is 2. The molecule has 140 valence electrons. The van der Waals surface area contributed by atoms with E-state index in [0.717, 1.165) is 25.0 Å². The van der Waals surface area contributed by atoms with Gasteiger partial charge in [0.1, 0.15) is 5.75 Å². The molecule has 3 nitrogen and oxygen atoms in total. The lowest BCUT2D eigenvalue weighted by Gasteiger charge is -2.10. The van der Waals surface area contributed by atoms with E-state index >= 15 is 0 Å². The minimum atomic E-state index is -0.349. The van der Waals surface area contributed by atoms with Crippen molar-refractivity contribution in [2.75, 3.05) is 13.2 Å². The molecular weight excluding hydrogens is 336 g/mol. The van der Waals surface area contributed by atoms with Crippen molar-refractivity contribution < 1.29 is 14.3 Å². The molecule has 0 N–H and O–H groups in total. The van der Waals surface area contributed by atoms with Crippen molar-refractivity contribution in [2.45, 2.75) is 32.6 Å². The number of rotatable bonds is 7. The van der Waals surface area contributed by atoms with Gasteiger partial charge in [0.15, 0.2) is 0 Å². The fourth-order valence-electron chi connectivity index (χ4n) is 3.17. The smallest absolute Gasteiger partial charge is 0.333 e. The fourth-order valence-corrected chi connectivity index (χ4v) is 3.17. The van der Waals surface area contributed by atoms with Crippen LogP contribution < -0.4 is 4.74 Å². The molecule has 2 aromatic carbocycles. The van der Waals surface area contributed by atoms with E-state index in [1.165, 1.54) is 22.3 Å². The third-order valence-electron chi connectivity index (χ3n) is 4.62. The summed E-state index contributed by atoms with van der Waals surface area (Å²) in [5.41, 5.74) is 5.68. The second kappa shape index (κ2) is 9.22. The number of carbonyl (C=O) groups excluding carboxylic acids is 1. The summed E-state index contributed by atoms with van der Waals surface area (Å²) in [5.74, 6) is 0.504. The van der Waals surface area contributed by atoms with Crippen LogP contribution in [0.5, 0.6) is 5.75 Å². The first-order valence-corrected chi connectivity index (χ1v) is 9.48. The van der Waals surface area contributed by atoms with Gasteiger partial charge >= 0.3 is 5.97 Å². The molecule has 0 aliphatic heterocycles. The monoisotopic (exact) mass is 362 g/mol. The Labute approximate surface area is 161 Å². The average Bonchev–Trinajstić information content (AvgIpc) is 2.90. The van der Waals surface area contributed by atoms with E-state index in [0.29, 0.717) is 25.2 Å². The third kappa shape index (κ3) is 5.33. The highest BCUT2D eigenvalue weighted by Gasteiger charge is 2.11. The number of aryl methyl sites for hydroxylation is 1. The van der Waals surface area contributed by atoms with E-state index < -0.39 is 0 Å². The first kappa shape index (κ1) is 19.0. The number of hydrogen-bond donors (Lipinski definition) is 0. The zero-order valence-corrected chi connectivity index (χ0v) is 15.9. The number of ether oxygens (including phenoxy) is 2. The summed E-state index contributed by atoms with van der Waals surface area (Å²) >= 11 is 0. The Kier molecular flexibility index (Phi) is 6.48. The normalized spacial score (nSPS) is 13.1. The van der Waals surface area contributed by atoms with Crippen molar-refractivity contribution in [3.63, 3.8) is 0 Å². The number of hydrogen-bond acceptors (Lipinski definition) is 3. The number of esters is 1. The molecule has 0 heterocycles. The van der Waals surface area contributed by atoms with Crippen LogP contribution in [-0.2, 0) is 16.0 Å². The Morgan fingerprint density at radius 2 is 1.89 bits per heavy atom. The Balaban J connectivity index is 1.62. The van der Waals surface area contributed by atoms with Gasteiger partial charge in [-0.1, -0.05) is 49.1 Å². The Hall–Kier alpha value is -2.81. The largest absolute Gasteiger partial charge is 0.493 e. The molecular formula is C24H26O3. The first-order valence-electron chi connectivity index (χ1n) is 9.48. The second-order valence-electron chi connectivity index (χ2n) is 6.87. The summed E-state index contributed by atoms with van der Waals surface area (Å²) in [6.07, 6.45) is 6.27. The molecule has 0 saturated heterocycles. The van der Waals surface area contributed by atoms with Crippen LogP contribution in [0.4, 0.5) is 0 Å². The summed E-state index contributed by atoms with van der Waals surface area (Å²) in [4.78, 5) is 11.3. The zero-order chi connectivity index (χ0) is 19.1. The van der Waals surface area contributed by atoms with E-state index in [1.807, 2.05) is 12.1 Å².